The molecule has 0 aromatic heterocycles. The minimum absolute atomic E-state index is 0.0805. The van der Waals surface area contributed by atoms with Crippen LogP contribution in [0.5, 0.6) is 0 Å². The molecule has 0 bridgehead atoms. The number of aliphatic imine (C=N–C) groups is 1. The van der Waals surface area contributed by atoms with Crippen molar-refractivity contribution in [2.24, 2.45) is 4.99 Å². The second-order valence-corrected chi connectivity index (χ2v) is 8.95. The number of nitrogens with zero attached hydrogens (tertiary/aromatic N) is 5. The summed E-state index contributed by atoms with van der Waals surface area (Å²) in [5.41, 5.74) is 6.25. The molecule has 0 radical (unpaired) electrons. The van der Waals surface area contributed by atoms with Gasteiger partial charge in [0.2, 0.25) is 5.96 Å². The topological polar surface area (TPSA) is 62.9 Å². The molecule has 5 rings (SSSR count). The molecule has 0 spiro atoms. The van der Waals surface area contributed by atoms with Gasteiger partial charge in [-0.15, -0.1) is 0 Å². The van der Waals surface area contributed by atoms with Crippen LogP contribution in [0.3, 0.4) is 0 Å². The number of nitriles is 1. The van der Waals surface area contributed by atoms with Crippen molar-refractivity contribution in [1.82, 2.24) is 14.7 Å². The van der Waals surface area contributed by atoms with Gasteiger partial charge in [0.25, 0.3) is 5.91 Å². The van der Waals surface area contributed by atoms with Crippen molar-refractivity contribution in [1.29, 1.82) is 5.26 Å². The van der Waals surface area contributed by atoms with E-state index >= 15 is 0 Å². The van der Waals surface area contributed by atoms with Crippen LogP contribution in [0.2, 0.25) is 0 Å². The Kier molecular flexibility index (Phi) is 5.97. The summed E-state index contributed by atoms with van der Waals surface area (Å²) in [6.45, 7) is 6.63. The van der Waals surface area contributed by atoms with Gasteiger partial charge in [-0.05, 0) is 41.7 Å². The summed E-state index contributed by atoms with van der Waals surface area (Å²) in [6, 6.07) is 18.5. The summed E-state index contributed by atoms with van der Waals surface area (Å²) in [5.74, 6) is 0.900. The lowest BCUT2D eigenvalue weighted by atomic mass is 9.98. The normalized spacial score (nSPS) is 18.5. The average molecular weight is 440 g/mol. The van der Waals surface area contributed by atoms with Crippen molar-refractivity contribution < 1.29 is 4.79 Å². The summed E-state index contributed by atoms with van der Waals surface area (Å²) in [7, 11) is 0. The van der Waals surface area contributed by atoms with Crippen LogP contribution in [0.15, 0.2) is 64.8 Å². The molecule has 1 amide bonds. The second kappa shape index (κ2) is 9.21. The smallest absolute Gasteiger partial charge is 0.259 e. The van der Waals surface area contributed by atoms with Gasteiger partial charge in [0.1, 0.15) is 0 Å². The van der Waals surface area contributed by atoms with Crippen molar-refractivity contribution in [3.63, 3.8) is 0 Å². The van der Waals surface area contributed by atoms with Crippen LogP contribution in [0, 0.1) is 11.3 Å². The number of hydrogen-bond acceptors (Lipinski definition) is 5. The molecule has 0 aliphatic carbocycles. The van der Waals surface area contributed by atoms with E-state index in [0.717, 1.165) is 73.8 Å². The minimum Gasteiger partial charge on any atom is -0.315 e. The van der Waals surface area contributed by atoms with Crippen molar-refractivity contribution in [3.05, 3.63) is 82.1 Å². The molecule has 33 heavy (non-hydrogen) atoms. The molecule has 0 N–H and O–H groups in total. The lowest BCUT2D eigenvalue weighted by Gasteiger charge is -2.45. The van der Waals surface area contributed by atoms with Crippen molar-refractivity contribution in [2.45, 2.75) is 39.3 Å². The largest absolute Gasteiger partial charge is 0.315 e. The fourth-order valence-corrected chi connectivity index (χ4v) is 4.97. The van der Waals surface area contributed by atoms with E-state index in [0.29, 0.717) is 18.7 Å². The number of hydrogen-bond donors (Lipinski definition) is 0. The van der Waals surface area contributed by atoms with Gasteiger partial charge in [-0.1, -0.05) is 43.3 Å². The number of benzene rings is 2. The molecule has 0 unspecified atom stereocenters. The summed E-state index contributed by atoms with van der Waals surface area (Å²) >= 11 is 0. The Balaban J connectivity index is 1.40. The lowest BCUT2D eigenvalue weighted by Crippen LogP contribution is -2.56. The molecule has 3 aliphatic rings. The van der Waals surface area contributed by atoms with Crippen LogP contribution in [0.1, 0.15) is 42.0 Å². The first kappa shape index (κ1) is 21.4. The van der Waals surface area contributed by atoms with Crippen molar-refractivity contribution in [2.75, 3.05) is 26.2 Å². The third kappa shape index (κ3) is 4.29. The number of carbonyl (C=O) groups excluding carboxylic acids is 1. The van der Waals surface area contributed by atoms with Gasteiger partial charge >= 0.3 is 0 Å². The molecule has 3 heterocycles. The maximum atomic E-state index is 13.7. The van der Waals surface area contributed by atoms with E-state index in [1.807, 2.05) is 23.1 Å². The first-order valence-corrected chi connectivity index (χ1v) is 11.8. The highest BCUT2D eigenvalue weighted by Crippen LogP contribution is 2.32. The van der Waals surface area contributed by atoms with Crippen molar-refractivity contribution in [3.8, 4) is 6.07 Å². The molecule has 0 fully saturated rings. The van der Waals surface area contributed by atoms with Crippen LogP contribution in [-0.2, 0) is 24.3 Å². The molecular formula is C27H29N5O. The Bertz CT molecular complexity index is 1160. The Morgan fingerprint density at radius 2 is 1.85 bits per heavy atom. The van der Waals surface area contributed by atoms with Crippen molar-refractivity contribution >= 4 is 11.9 Å². The fourth-order valence-electron chi connectivity index (χ4n) is 4.97. The van der Waals surface area contributed by atoms with E-state index in [1.54, 1.807) is 0 Å². The molecule has 2 aromatic carbocycles. The average Bonchev–Trinajstić information content (AvgIpc) is 2.87. The van der Waals surface area contributed by atoms with E-state index in [9.17, 15) is 10.1 Å². The third-order valence-corrected chi connectivity index (χ3v) is 6.73. The zero-order valence-electron chi connectivity index (χ0n) is 19.1. The van der Waals surface area contributed by atoms with Gasteiger partial charge in [0.05, 0.1) is 23.8 Å². The summed E-state index contributed by atoms with van der Waals surface area (Å²) < 4.78 is 0. The first-order valence-electron chi connectivity index (χ1n) is 11.8. The fraction of sp³-hybridized carbons (Fsp3) is 0.370. The maximum Gasteiger partial charge on any atom is 0.259 e. The lowest BCUT2D eigenvalue weighted by molar-refractivity contribution is -0.125. The predicted molar refractivity (Wildman–Crippen MR) is 128 cm³/mol. The molecule has 0 atom stereocenters. The number of guanidine groups is 1. The number of fused-ring (bicyclic) bond motifs is 2. The zero-order valence-corrected chi connectivity index (χ0v) is 19.1. The van der Waals surface area contributed by atoms with Crippen LogP contribution in [0.4, 0.5) is 0 Å². The van der Waals surface area contributed by atoms with Gasteiger partial charge in [-0.25, -0.2) is 0 Å². The Hall–Kier alpha value is -3.43. The van der Waals surface area contributed by atoms with Crippen LogP contribution in [-0.4, -0.2) is 52.7 Å². The van der Waals surface area contributed by atoms with Crippen LogP contribution < -0.4 is 0 Å². The Labute approximate surface area is 195 Å². The number of aryl methyl sites for hydroxylation is 1. The molecule has 0 saturated heterocycles. The van der Waals surface area contributed by atoms with E-state index in [4.69, 9.17) is 4.99 Å². The van der Waals surface area contributed by atoms with Gasteiger partial charge in [0.15, 0.2) is 0 Å². The van der Waals surface area contributed by atoms with Gasteiger partial charge in [-0.2, -0.15) is 5.26 Å². The van der Waals surface area contributed by atoms with Gasteiger partial charge < -0.3 is 4.90 Å². The first-order chi connectivity index (χ1) is 16.2. The number of amides is 1. The summed E-state index contributed by atoms with van der Waals surface area (Å²) in [4.78, 5) is 25.0. The Morgan fingerprint density at radius 3 is 2.64 bits per heavy atom. The number of carbonyl (C=O) groups is 1. The summed E-state index contributed by atoms with van der Waals surface area (Å²) in [6.07, 6.45) is 2.86. The van der Waals surface area contributed by atoms with E-state index < -0.39 is 0 Å². The molecule has 168 valence electrons. The molecule has 6 nitrogen and oxygen atoms in total. The molecule has 6 heteroatoms. The Morgan fingerprint density at radius 1 is 1.03 bits per heavy atom. The zero-order chi connectivity index (χ0) is 22.8. The van der Waals surface area contributed by atoms with Crippen LogP contribution in [0.25, 0.3) is 0 Å². The standard InChI is InChI=1S/C27H29N5O/c1-2-20-7-9-21(10-8-20)18-32-26(33)24-19-30(17-23-6-3-5-22(15-23)16-28)14-11-25(24)31-13-4-12-29-27(31)32/h3,5-10,15H,2,4,11-14,17-19H2,1H3. The summed E-state index contributed by atoms with van der Waals surface area (Å²) in [5, 5.41) is 9.21. The highest BCUT2D eigenvalue weighted by molar-refractivity contribution is 6.09. The molecule has 2 aromatic rings. The second-order valence-electron chi connectivity index (χ2n) is 8.95. The molecule has 0 saturated carbocycles. The highest BCUT2D eigenvalue weighted by Gasteiger charge is 2.40. The van der Waals surface area contributed by atoms with E-state index in [1.165, 1.54) is 5.56 Å². The monoisotopic (exact) mass is 439 g/mol. The quantitative estimate of drug-likeness (QED) is 0.713. The minimum atomic E-state index is 0.0805. The van der Waals surface area contributed by atoms with Gasteiger partial charge in [-0.3, -0.25) is 19.6 Å². The molecule has 3 aliphatic heterocycles. The van der Waals surface area contributed by atoms with E-state index in [-0.39, 0.29) is 5.91 Å². The maximum absolute atomic E-state index is 13.7. The third-order valence-electron chi connectivity index (χ3n) is 6.73. The van der Waals surface area contributed by atoms with E-state index in [2.05, 4.69) is 53.1 Å². The highest BCUT2D eigenvalue weighted by atomic mass is 16.2. The SMILES string of the molecule is CCc1ccc(CN2C(=O)C3=C(CCN(Cc4cccc(C#N)c4)C3)N3CCCN=C23)cc1. The number of rotatable bonds is 5. The van der Waals surface area contributed by atoms with Gasteiger partial charge in [0, 0.05) is 44.8 Å². The molecular weight excluding hydrogens is 410 g/mol. The van der Waals surface area contributed by atoms with Crippen LogP contribution >= 0.6 is 0 Å². The predicted octanol–water partition coefficient (Wildman–Crippen LogP) is 3.68.